The van der Waals surface area contributed by atoms with Gasteiger partial charge in [0.1, 0.15) is 23.7 Å². The summed E-state index contributed by atoms with van der Waals surface area (Å²) < 4.78 is 21.6. The van der Waals surface area contributed by atoms with Crippen molar-refractivity contribution in [2.24, 2.45) is 11.8 Å². The summed E-state index contributed by atoms with van der Waals surface area (Å²) in [6, 6.07) is 7.12. The number of benzene rings is 1. The quantitative estimate of drug-likeness (QED) is 0.527. The van der Waals surface area contributed by atoms with E-state index in [4.69, 9.17) is 21.4 Å². The highest BCUT2D eigenvalue weighted by molar-refractivity contribution is 6.30. The summed E-state index contributed by atoms with van der Waals surface area (Å²) in [6.07, 6.45) is 7.19. The number of aryl methyl sites for hydroxylation is 1. The Balaban J connectivity index is 1.21. The van der Waals surface area contributed by atoms with Crippen LogP contribution in [0.4, 0.5) is 16.2 Å². The van der Waals surface area contributed by atoms with Gasteiger partial charge in [0.25, 0.3) is 0 Å². The van der Waals surface area contributed by atoms with Gasteiger partial charge in [0.05, 0.1) is 6.04 Å². The number of piperidine rings is 1. The number of nitrogens with one attached hydrogen (secondary N) is 1. The third-order valence-electron chi connectivity index (χ3n) is 7.31. The lowest BCUT2D eigenvalue weighted by atomic mass is 9.92. The van der Waals surface area contributed by atoms with Gasteiger partial charge < -0.3 is 15.0 Å². The summed E-state index contributed by atoms with van der Waals surface area (Å²) in [5, 5.41) is 8.66. The fourth-order valence-corrected chi connectivity index (χ4v) is 5.62. The van der Waals surface area contributed by atoms with Gasteiger partial charge >= 0.3 is 6.01 Å². The Morgan fingerprint density at radius 1 is 1.06 bits per heavy atom. The van der Waals surface area contributed by atoms with E-state index in [-0.39, 0.29) is 11.1 Å². The number of hydrogen-bond donors (Lipinski definition) is 1. The standard InChI is InChI=1S/C24H27ClFN7O/c1-14-7-21(28-13-27-14)32-11-15-5-6-16(12-32)22(15)29-23-30-24(33(31-23)19-3-2-4-19)34-20-9-17(25)8-18(26)10-20/h7-10,13,15-16,19,22H,2-6,11-12H2,1H3,(H,29,31)/t15-,16+,22?. The van der Waals surface area contributed by atoms with E-state index in [0.29, 0.717) is 35.6 Å². The van der Waals surface area contributed by atoms with E-state index >= 15 is 0 Å². The summed E-state index contributed by atoms with van der Waals surface area (Å²) >= 11 is 6.01. The zero-order chi connectivity index (χ0) is 23.2. The molecule has 1 saturated heterocycles. The number of hydrogen-bond acceptors (Lipinski definition) is 7. The summed E-state index contributed by atoms with van der Waals surface area (Å²) in [5.74, 6) is 2.40. The van der Waals surface area contributed by atoms with Crippen molar-refractivity contribution in [3.63, 3.8) is 0 Å². The molecule has 3 aliphatic rings. The first-order valence-electron chi connectivity index (χ1n) is 11.9. The molecule has 2 saturated carbocycles. The molecule has 178 valence electrons. The van der Waals surface area contributed by atoms with Crippen molar-refractivity contribution < 1.29 is 9.13 Å². The monoisotopic (exact) mass is 483 g/mol. The molecule has 1 N–H and O–H groups in total. The fraction of sp³-hybridized carbons (Fsp3) is 0.500. The number of ether oxygens (including phenoxy) is 1. The number of nitrogens with zero attached hydrogens (tertiary/aromatic N) is 6. The van der Waals surface area contributed by atoms with Crippen molar-refractivity contribution in [2.45, 2.75) is 51.1 Å². The highest BCUT2D eigenvalue weighted by Gasteiger charge is 2.43. The number of fused-ring (bicyclic) bond motifs is 2. The number of rotatable bonds is 6. The Hall–Kier alpha value is -2.94. The molecule has 3 fully saturated rings. The maximum Gasteiger partial charge on any atom is 0.322 e. The number of aromatic nitrogens is 5. The minimum atomic E-state index is -0.447. The van der Waals surface area contributed by atoms with E-state index in [2.05, 4.69) is 31.2 Å². The molecule has 0 radical (unpaired) electrons. The van der Waals surface area contributed by atoms with Crippen LogP contribution in [0, 0.1) is 24.6 Å². The molecule has 0 spiro atoms. The third kappa shape index (κ3) is 4.17. The van der Waals surface area contributed by atoms with Crippen LogP contribution in [-0.4, -0.2) is 43.9 Å². The van der Waals surface area contributed by atoms with Crippen molar-refractivity contribution in [1.29, 1.82) is 0 Å². The molecule has 2 aliphatic carbocycles. The normalized spacial score (nSPS) is 24.2. The molecule has 1 unspecified atom stereocenters. The zero-order valence-electron chi connectivity index (χ0n) is 19.0. The largest absolute Gasteiger partial charge is 0.424 e. The van der Waals surface area contributed by atoms with Gasteiger partial charge in [0.2, 0.25) is 5.95 Å². The Bertz CT molecular complexity index is 1170. The van der Waals surface area contributed by atoms with E-state index in [1.165, 1.54) is 12.1 Å². The molecule has 3 heterocycles. The van der Waals surface area contributed by atoms with Gasteiger partial charge in [-0.3, -0.25) is 0 Å². The van der Waals surface area contributed by atoms with Gasteiger partial charge in [0, 0.05) is 42.0 Å². The predicted octanol–water partition coefficient (Wildman–Crippen LogP) is 5.01. The van der Waals surface area contributed by atoms with Crippen LogP contribution in [0.25, 0.3) is 0 Å². The molecular weight excluding hydrogens is 457 g/mol. The van der Waals surface area contributed by atoms with Gasteiger partial charge in [-0.15, -0.1) is 5.10 Å². The molecule has 0 amide bonds. The zero-order valence-corrected chi connectivity index (χ0v) is 19.7. The lowest BCUT2D eigenvalue weighted by Crippen LogP contribution is -2.48. The second-order valence-corrected chi connectivity index (χ2v) is 10.1. The van der Waals surface area contributed by atoms with Crippen molar-refractivity contribution in [3.05, 3.63) is 47.1 Å². The van der Waals surface area contributed by atoms with Gasteiger partial charge in [-0.25, -0.2) is 19.0 Å². The van der Waals surface area contributed by atoms with E-state index in [1.54, 1.807) is 12.4 Å². The summed E-state index contributed by atoms with van der Waals surface area (Å²) in [7, 11) is 0. The number of halogens is 2. The SMILES string of the molecule is Cc1cc(N2C[C@H]3CC[C@@H](C2)C3Nc2nc(Oc3cc(F)cc(Cl)c3)n(C3CCC3)n2)ncn1. The van der Waals surface area contributed by atoms with Gasteiger partial charge in [-0.1, -0.05) is 11.6 Å². The highest BCUT2D eigenvalue weighted by Crippen LogP contribution is 2.41. The van der Waals surface area contributed by atoms with Crippen molar-refractivity contribution in [1.82, 2.24) is 24.7 Å². The van der Waals surface area contributed by atoms with Crippen molar-refractivity contribution >= 4 is 23.4 Å². The first kappa shape index (κ1) is 21.6. The second kappa shape index (κ2) is 8.69. The summed E-state index contributed by atoms with van der Waals surface area (Å²) in [5.41, 5.74) is 0.982. The maximum atomic E-state index is 13.8. The molecule has 3 atom stereocenters. The first-order chi connectivity index (χ1) is 16.5. The van der Waals surface area contributed by atoms with Crippen molar-refractivity contribution in [2.75, 3.05) is 23.3 Å². The molecule has 3 aromatic rings. The molecule has 8 nitrogen and oxygen atoms in total. The van der Waals surface area contributed by atoms with Crippen LogP contribution in [0.5, 0.6) is 11.8 Å². The lowest BCUT2D eigenvalue weighted by molar-refractivity contribution is 0.258. The van der Waals surface area contributed by atoms with Crippen molar-refractivity contribution in [3.8, 4) is 11.8 Å². The smallest absolute Gasteiger partial charge is 0.322 e. The average Bonchev–Trinajstić information content (AvgIpc) is 3.21. The third-order valence-corrected chi connectivity index (χ3v) is 7.53. The molecule has 2 aromatic heterocycles. The van der Waals surface area contributed by atoms with Crippen LogP contribution < -0.4 is 15.0 Å². The van der Waals surface area contributed by atoms with E-state index in [1.807, 2.05) is 11.6 Å². The molecule has 1 aliphatic heterocycles. The van der Waals surface area contributed by atoms with Crippen LogP contribution >= 0.6 is 11.6 Å². The molecule has 10 heteroatoms. The Kier molecular flexibility index (Phi) is 5.51. The average molecular weight is 484 g/mol. The molecule has 1 aromatic carbocycles. The van der Waals surface area contributed by atoms with E-state index in [0.717, 1.165) is 56.7 Å². The Labute approximate surface area is 202 Å². The van der Waals surface area contributed by atoms with Gasteiger partial charge in [-0.2, -0.15) is 4.98 Å². The van der Waals surface area contributed by atoms with Crippen LogP contribution in [0.15, 0.2) is 30.6 Å². The lowest BCUT2D eigenvalue weighted by Gasteiger charge is -2.38. The molecule has 2 bridgehead atoms. The van der Waals surface area contributed by atoms with Crippen LogP contribution in [0.1, 0.15) is 43.8 Å². The maximum absolute atomic E-state index is 13.8. The van der Waals surface area contributed by atoms with Gasteiger partial charge in [-0.05, 0) is 63.0 Å². The Morgan fingerprint density at radius 3 is 2.53 bits per heavy atom. The van der Waals surface area contributed by atoms with Gasteiger partial charge in [0.15, 0.2) is 0 Å². The van der Waals surface area contributed by atoms with Crippen LogP contribution in [0.3, 0.4) is 0 Å². The van der Waals surface area contributed by atoms with Crippen LogP contribution in [-0.2, 0) is 0 Å². The number of anilines is 2. The highest BCUT2D eigenvalue weighted by atomic mass is 35.5. The predicted molar refractivity (Wildman–Crippen MR) is 127 cm³/mol. The topological polar surface area (TPSA) is 81.0 Å². The first-order valence-corrected chi connectivity index (χ1v) is 12.3. The fourth-order valence-electron chi connectivity index (χ4n) is 5.41. The molecular formula is C24H27ClFN7O. The summed E-state index contributed by atoms with van der Waals surface area (Å²) in [6.45, 7) is 3.88. The molecule has 34 heavy (non-hydrogen) atoms. The van der Waals surface area contributed by atoms with E-state index in [9.17, 15) is 4.39 Å². The van der Waals surface area contributed by atoms with E-state index < -0.39 is 5.82 Å². The summed E-state index contributed by atoms with van der Waals surface area (Å²) in [4.78, 5) is 15.8. The Morgan fingerprint density at radius 2 is 1.85 bits per heavy atom. The van der Waals surface area contributed by atoms with Crippen LogP contribution in [0.2, 0.25) is 5.02 Å². The molecule has 6 rings (SSSR count). The minimum Gasteiger partial charge on any atom is -0.424 e. The minimum absolute atomic E-state index is 0.252. The second-order valence-electron chi connectivity index (χ2n) is 9.64.